The third kappa shape index (κ3) is 3.70. The molecular weight excluding hydrogens is 336 g/mol. The highest BCUT2D eigenvalue weighted by molar-refractivity contribution is 5.88. The van der Waals surface area contributed by atoms with Crippen molar-refractivity contribution >= 4 is 16.8 Å². The summed E-state index contributed by atoms with van der Waals surface area (Å²) in [7, 11) is 1.67. The maximum atomic E-state index is 12.6. The van der Waals surface area contributed by atoms with Crippen molar-refractivity contribution in [3.05, 3.63) is 65.4 Å². The van der Waals surface area contributed by atoms with Crippen molar-refractivity contribution in [2.45, 2.75) is 44.6 Å². The SMILES string of the molecule is CCc1cccc2c([C@@H](CC(=O)NC3CC3)c3cccc(OC)c3)c[nH]c12. The van der Waals surface area contributed by atoms with Crippen molar-refractivity contribution in [1.29, 1.82) is 0 Å². The standard InChI is InChI=1S/C23H26N2O2/c1-3-15-6-5-9-19-21(14-24-23(15)19)20(13-22(26)25-17-10-11-17)16-7-4-8-18(12-16)27-2/h4-9,12,14,17,20,24H,3,10-11,13H2,1-2H3,(H,25,26)/t20-/m0/s1. The molecule has 1 fully saturated rings. The van der Waals surface area contributed by atoms with Gasteiger partial charge in [0.2, 0.25) is 5.91 Å². The van der Waals surface area contributed by atoms with Gasteiger partial charge in [-0.3, -0.25) is 4.79 Å². The zero-order valence-corrected chi connectivity index (χ0v) is 15.9. The Labute approximate surface area is 159 Å². The summed E-state index contributed by atoms with van der Waals surface area (Å²) >= 11 is 0. The molecule has 0 aliphatic heterocycles. The number of carbonyl (C=O) groups excluding carboxylic acids is 1. The summed E-state index contributed by atoms with van der Waals surface area (Å²) in [5, 5.41) is 4.33. The Kier molecular flexibility index (Phi) is 4.88. The van der Waals surface area contributed by atoms with Gasteiger partial charge in [0, 0.05) is 35.5 Å². The third-order valence-electron chi connectivity index (χ3n) is 5.42. The van der Waals surface area contributed by atoms with Gasteiger partial charge >= 0.3 is 0 Å². The highest BCUT2D eigenvalue weighted by Crippen LogP contribution is 2.36. The van der Waals surface area contributed by atoms with Gasteiger partial charge in [-0.15, -0.1) is 0 Å². The van der Waals surface area contributed by atoms with E-state index in [1.54, 1.807) is 7.11 Å². The smallest absolute Gasteiger partial charge is 0.221 e. The van der Waals surface area contributed by atoms with Crippen LogP contribution in [0.5, 0.6) is 5.75 Å². The lowest BCUT2D eigenvalue weighted by Crippen LogP contribution is -2.27. The summed E-state index contributed by atoms with van der Waals surface area (Å²) in [5.74, 6) is 0.917. The Morgan fingerprint density at radius 1 is 1.26 bits per heavy atom. The largest absolute Gasteiger partial charge is 0.497 e. The molecule has 1 amide bonds. The zero-order chi connectivity index (χ0) is 18.8. The van der Waals surface area contributed by atoms with Crippen molar-refractivity contribution in [3.63, 3.8) is 0 Å². The summed E-state index contributed by atoms with van der Waals surface area (Å²) < 4.78 is 5.42. The predicted molar refractivity (Wildman–Crippen MR) is 108 cm³/mol. The van der Waals surface area contributed by atoms with Crippen LogP contribution in [0.3, 0.4) is 0 Å². The molecule has 4 nitrogen and oxygen atoms in total. The van der Waals surface area contributed by atoms with Crippen LogP contribution in [-0.4, -0.2) is 24.0 Å². The number of methoxy groups -OCH3 is 1. The summed E-state index contributed by atoms with van der Waals surface area (Å²) in [6, 6.07) is 14.8. The van der Waals surface area contributed by atoms with Crippen molar-refractivity contribution in [2.24, 2.45) is 0 Å². The number of para-hydroxylation sites is 1. The molecule has 1 saturated carbocycles. The molecule has 1 heterocycles. The first-order chi connectivity index (χ1) is 13.2. The Morgan fingerprint density at radius 2 is 2.07 bits per heavy atom. The van der Waals surface area contributed by atoms with Crippen LogP contribution < -0.4 is 10.1 Å². The summed E-state index contributed by atoms with van der Waals surface area (Å²) in [6.45, 7) is 2.16. The Hall–Kier alpha value is -2.75. The number of carbonyl (C=O) groups is 1. The van der Waals surface area contributed by atoms with E-state index in [4.69, 9.17) is 4.74 Å². The number of hydrogen-bond acceptors (Lipinski definition) is 2. The topological polar surface area (TPSA) is 54.1 Å². The first kappa shape index (κ1) is 17.7. The zero-order valence-electron chi connectivity index (χ0n) is 15.9. The van der Waals surface area contributed by atoms with Crippen LogP contribution in [0, 0.1) is 0 Å². The molecule has 1 aliphatic carbocycles. The van der Waals surface area contributed by atoms with Crippen molar-refractivity contribution in [2.75, 3.05) is 7.11 Å². The molecule has 2 N–H and O–H groups in total. The lowest BCUT2D eigenvalue weighted by Gasteiger charge is -2.18. The third-order valence-corrected chi connectivity index (χ3v) is 5.42. The van der Waals surface area contributed by atoms with Gasteiger partial charge in [-0.25, -0.2) is 0 Å². The Balaban J connectivity index is 1.75. The highest BCUT2D eigenvalue weighted by atomic mass is 16.5. The van der Waals surface area contributed by atoms with Crippen molar-refractivity contribution < 1.29 is 9.53 Å². The summed E-state index contributed by atoms with van der Waals surface area (Å²) in [4.78, 5) is 16.1. The minimum absolute atomic E-state index is 0.0142. The van der Waals surface area contributed by atoms with Crippen LogP contribution in [0.15, 0.2) is 48.7 Å². The Morgan fingerprint density at radius 3 is 2.81 bits per heavy atom. The molecule has 4 heteroatoms. The van der Waals surface area contributed by atoms with E-state index in [2.05, 4.69) is 47.7 Å². The number of ether oxygens (including phenoxy) is 1. The maximum absolute atomic E-state index is 12.6. The van der Waals surface area contributed by atoms with Crippen LogP contribution in [0.2, 0.25) is 0 Å². The molecule has 0 saturated heterocycles. The molecule has 1 atom stereocenters. The molecule has 0 unspecified atom stereocenters. The average molecular weight is 362 g/mol. The molecule has 0 spiro atoms. The van der Waals surface area contributed by atoms with Gasteiger partial charge < -0.3 is 15.0 Å². The summed E-state index contributed by atoms with van der Waals surface area (Å²) in [5.41, 5.74) is 4.73. The normalized spacial score (nSPS) is 14.9. The molecule has 1 aliphatic rings. The second-order valence-electron chi connectivity index (χ2n) is 7.31. The fourth-order valence-corrected chi connectivity index (χ4v) is 3.79. The molecule has 0 bridgehead atoms. The molecule has 0 radical (unpaired) electrons. The van der Waals surface area contributed by atoms with Crippen LogP contribution in [0.1, 0.15) is 48.8 Å². The molecule has 1 aromatic heterocycles. The second kappa shape index (κ2) is 7.47. The van der Waals surface area contributed by atoms with Gasteiger partial charge in [-0.05, 0) is 48.1 Å². The fraction of sp³-hybridized carbons (Fsp3) is 0.348. The fourth-order valence-electron chi connectivity index (χ4n) is 3.79. The molecule has 4 rings (SSSR count). The van der Waals surface area contributed by atoms with E-state index in [-0.39, 0.29) is 11.8 Å². The minimum atomic E-state index is -0.0142. The van der Waals surface area contributed by atoms with Gasteiger partial charge in [0.1, 0.15) is 5.75 Å². The molecule has 27 heavy (non-hydrogen) atoms. The first-order valence-electron chi connectivity index (χ1n) is 9.71. The number of nitrogens with one attached hydrogen (secondary N) is 2. The highest BCUT2D eigenvalue weighted by Gasteiger charge is 2.27. The molecule has 3 aromatic rings. The van der Waals surface area contributed by atoms with E-state index >= 15 is 0 Å². The van der Waals surface area contributed by atoms with Gasteiger partial charge in [0.25, 0.3) is 0 Å². The number of rotatable bonds is 7. The molecule has 140 valence electrons. The maximum Gasteiger partial charge on any atom is 0.221 e. The van der Waals surface area contributed by atoms with Gasteiger partial charge in [0.15, 0.2) is 0 Å². The second-order valence-corrected chi connectivity index (χ2v) is 7.31. The number of H-pyrrole nitrogens is 1. The van der Waals surface area contributed by atoms with E-state index in [9.17, 15) is 4.79 Å². The number of hydrogen-bond donors (Lipinski definition) is 2. The van der Waals surface area contributed by atoms with E-state index in [0.29, 0.717) is 12.5 Å². The number of benzene rings is 2. The van der Waals surface area contributed by atoms with E-state index in [1.165, 1.54) is 22.0 Å². The van der Waals surface area contributed by atoms with Crippen LogP contribution in [0.4, 0.5) is 0 Å². The van der Waals surface area contributed by atoms with Gasteiger partial charge in [0.05, 0.1) is 7.11 Å². The Bertz CT molecular complexity index is 956. The van der Waals surface area contributed by atoms with Gasteiger partial charge in [-0.2, -0.15) is 0 Å². The summed E-state index contributed by atoms with van der Waals surface area (Å²) in [6.07, 6.45) is 5.68. The van der Waals surface area contributed by atoms with Crippen molar-refractivity contribution in [1.82, 2.24) is 10.3 Å². The number of aromatic amines is 1. The molecule has 2 aromatic carbocycles. The minimum Gasteiger partial charge on any atom is -0.497 e. The van der Waals surface area contributed by atoms with Gasteiger partial charge in [-0.1, -0.05) is 37.3 Å². The lowest BCUT2D eigenvalue weighted by molar-refractivity contribution is -0.121. The van der Waals surface area contributed by atoms with E-state index in [1.807, 2.05) is 18.2 Å². The van der Waals surface area contributed by atoms with E-state index < -0.39 is 0 Å². The monoisotopic (exact) mass is 362 g/mol. The predicted octanol–water partition coefficient (Wildman–Crippen LogP) is 4.54. The lowest BCUT2D eigenvalue weighted by atomic mass is 9.87. The number of aryl methyl sites for hydroxylation is 1. The first-order valence-corrected chi connectivity index (χ1v) is 9.71. The number of aromatic nitrogens is 1. The van der Waals surface area contributed by atoms with E-state index in [0.717, 1.165) is 30.6 Å². The van der Waals surface area contributed by atoms with Crippen molar-refractivity contribution in [3.8, 4) is 5.75 Å². The number of amides is 1. The number of fused-ring (bicyclic) bond motifs is 1. The quantitative estimate of drug-likeness (QED) is 0.648. The molecular formula is C23H26N2O2. The van der Waals surface area contributed by atoms with Crippen LogP contribution in [0.25, 0.3) is 10.9 Å². The van der Waals surface area contributed by atoms with Crippen LogP contribution in [-0.2, 0) is 11.2 Å². The average Bonchev–Trinajstić information content (AvgIpc) is 3.41. The van der Waals surface area contributed by atoms with Crippen LogP contribution >= 0.6 is 0 Å².